The molecule has 0 amide bonds. The van der Waals surface area contributed by atoms with Gasteiger partial charge in [0.1, 0.15) is 5.75 Å². The molecule has 0 N–H and O–H groups in total. The second-order valence-electron chi connectivity index (χ2n) is 2.89. The molecule has 0 saturated carbocycles. The molecular weight excluding hydrogens is 180 g/mol. The molecule has 0 aliphatic rings. The predicted molar refractivity (Wildman–Crippen MR) is 51.1 cm³/mol. The SMILES string of the molecule is CC(=[N+]=[N-])C(=O)Oc1ccc(C)cc1. The quantitative estimate of drug-likeness (QED) is 0.234. The molecule has 0 spiro atoms. The van der Waals surface area contributed by atoms with Crippen LogP contribution >= 0.6 is 0 Å². The van der Waals surface area contributed by atoms with E-state index in [1.165, 1.54) is 6.92 Å². The maximum absolute atomic E-state index is 11.1. The second-order valence-corrected chi connectivity index (χ2v) is 2.89. The molecule has 1 aromatic rings. The highest BCUT2D eigenvalue weighted by Crippen LogP contribution is 2.11. The molecule has 0 atom stereocenters. The van der Waals surface area contributed by atoms with Gasteiger partial charge < -0.3 is 10.3 Å². The van der Waals surface area contributed by atoms with Crippen molar-refractivity contribution in [3.05, 3.63) is 35.4 Å². The van der Waals surface area contributed by atoms with Crippen LogP contribution in [-0.4, -0.2) is 16.5 Å². The summed E-state index contributed by atoms with van der Waals surface area (Å²) in [5, 5.41) is 0. The van der Waals surface area contributed by atoms with Crippen LogP contribution in [0.25, 0.3) is 5.53 Å². The summed E-state index contributed by atoms with van der Waals surface area (Å²) >= 11 is 0. The van der Waals surface area contributed by atoms with Crippen molar-refractivity contribution in [1.29, 1.82) is 0 Å². The smallest absolute Gasteiger partial charge is 0.418 e. The fourth-order valence-electron chi connectivity index (χ4n) is 0.828. The van der Waals surface area contributed by atoms with Gasteiger partial charge in [0.2, 0.25) is 0 Å². The Balaban J connectivity index is 2.75. The summed E-state index contributed by atoms with van der Waals surface area (Å²) in [6.45, 7) is 3.31. The van der Waals surface area contributed by atoms with Gasteiger partial charge >= 0.3 is 11.7 Å². The number of benzene rings is 1. The van der Waals surface area contributed by atoms with Crippen LogP contribution < -0.4 is 4.74 Å². The van der Waals surface area contributed by atoms with Gasteiger partial charge in [-0.05, 0) is 19.1 Å². The lowest BCUT2D eigenvalue weighted by molar-refractivity contribution is -0.131. The number of hydrogen-bond donors (Lipinski definition) is 0. The summed E-state index contributed by atoms with van der Waals surface area (Å²) in [5.41, 5.74) is 9.32. The van der Waals surface area contributed by atoms with Crippen LogP contribution in [0.3, 0.4) is 0 Å². The number of aryl methyl sites for hydroxylation is 1. The molecule has 72 valence electrons. The second kappa shape index (κ2) is 4.35. The lowest BCUT2D eigenvalue weighted by Crippen LogP contribution is -2.18. The number of hydrogen-bond acceptors (Lipinski definition) is 2. The molecule has 1 rings (SSSR count). The zero-order chi connectivity index (χ0) is 10.6. The normalized spacial score (nSPS) is 9.00. The van der Waals surface area contributed by atoms with Crippen molar-refractivity contribution < 1.29 is 14.3 Å². The minimum atomic E-state index is -0.656. The van der Waals surface area contributed by atoms with Gasteiger partial charge in [0.15, 0.2) is 0 Å². The first-order valence-corrected chi connectivity index (χ1v) is 4.11. The van der Waals surface area contributed by atoms with E-state index in [0.29, 0.717) is 5.75 Å². The summed E-state index contributed by atoms with van der Waals surface area (Å²) in [6.07, 6.45) is 0. The summed E-state index contributed by atoms with van der Waals surface area (Å²) in [5.74, 6) is -0.222. The van der Waals surface area contributed by atoms with Gasteiger partial charge in [-0.1, -0.05) is 17.7 Å². The van der Waals surface area contributed by atoms with E-state index in [0.717, 1.165) is 5.56 Å². The minimum Gasteiger partial charge on any atom is -0.418 e. The van der Waals surface area contributed by atoms with Gasteiger partial charge in [0, 0.05) is 6.92 Å². The van der Waals surface area contributed by atoms with Crippen LogP contribution in [0.1, 0.15) is 12.5 Å². The Morgan fingerprint density at radius 1 is 1.36 bits per heavy atom. The maximum Gasteiger partial charge on any atom is 0.421 e. The number of esters is 1. The summed E-state index contributed by atoms with van der Waals surface area (Å²) in [4.78, 5) is 13.9. The van der Waals surface area contributed by atoms with Gasteiger partial charge in [-0.25, -0.2) is 4.79 Å². The van der Waals surface area contributed by atoms with E-state index in [-0.39, 0.29) is 5.71 Å². The Kier molecular flexibility index (Phi) is 3.15. The predicted octanol–water partition coefficient (Wildman–Crippen LogP) is 1.59. The van der Waals surface area contributed by atoms with Crippen LogP contribution in [0.2, 0.25) is 0 Å². The number of rotatable bonds is 2. The molecule has 0 unspecified atom stereocenters. The molecule has 4 heteroatoms. The van der Waals surface area contributed by atoms with E-state index < -0.39 is 5.97 Å². The highest BCUT2D eigenvalue weighted by molar-refractivity contribution is 6.33. The van der Waals surface area contributed by atoms with Crippen LogP contribution in [0.15, 0.2) is 24.3 Å². The van der Waals surface area contributed by atoms with Crippen molar-refractivity contribution in [2.24, 2.45) is 0 Å². The van der Waals surface area contributed by atoms with Crippen LogP contribution in [0, 0.1) is 6.92 Å². The third kappa shape index (κ3) is 2.54. The van der Waals surface area contributed by atoms with Crippen molar-refractivity contribution in [2.75, 3.05) is 0 Å². The van der Waals surface area contributed by atoms with E-state index in [4.69, 9.17) is 10.3 Å². The first kappa shape index (κ1) is 10.2. The summed E-state index contributed by atoms with van der Waals surface area (Å²) < 4.78 is 4.89. The van der Waals surface area contributed by atoms with Gasteiger partial charge in [-0.2, -0.15) is 4.79 Å². The molecule has 0 fully saturated rings. The highest BCUT2D eigenvalue weighted by Gasteiger charge is 2.15. The number of carbonyl (C=O) groups is 1. The van der Waals surface area contributed by atoms with Crippen molar-refractivity contribution in [1.82, 2.24) is 0 Å². The zero-order valence-corrected chi connectivity index (χ0v) is 8.02. The molecule has 0 bridgehead atoms. The van der Waals surface area contributed by atoms with E-state index in [1.54, 1.807) is 12.1 Å². The molecule has 0 heterocycles. The van der Waals surface area contributed by atoms with E-state index in [2.05, 4.69) is 4.79 Å². The third-order valence-electron chi connectivity index (χ3n) is 1.68. The molecule has 1 aromatic carbocycles. The first-order valence-electron chi connectivity index (χ1n) is 4.11. The van der Waals surface area contributed by atoms with E-state index in [1.807, 2.05) is 19.1 Å². The number of carbonyl (C=O) groups excluding carboxylic acids is 1. The molecule has 0 radical (unpaired) electrons. The molecule has 0 aliphatic carbocycles. The van der Waals surface area contributed by atoms with Crippen LogP contribution in [0.5, 0.6) is 5.75 Å². The molecule has 0 aliphatic heterocycles. The Morgan fingerprint density at radius 2 is 1.93 bits per heavy atom. The first-order chi connectivity index (χ1) is 6.63. The van der Waals surface area contributed by atoms with E-state index >= 15 is 0 Å². The van der Waals surface area contributed by atoms with Crippen molar-refractivity contribution >= 4 is 11.7 Å². The average molecular weight is 190 g/mol. The fraction of sp³-hybridized carbons (Fsp3) is 0.200. The Hall–Kier alpha value is -1.93. The Labute approximate surface area is 81.7 Å². The van der Waals surface area contributed by atoms with Gasteiger partial charge in [-0.15, -0.1) is 0 Å². The Bertz CT molecular complexity index is 389. The van der Waals surface area contributed by atoms with Gasteiger partial charge in [0.25, 0.3) is 0 Å². The molecule has 14 heavy (non-hydrogen) atoms. The molecular formula is C10H10N2O2. The maximum atomic E-state index is 11.1. The summed E-state index contributed by atoms with van der Waals surface area (Å²) in [6, 6.07) is 7.01. The summed E-state index contributed by atoms with van der Waals surface area (Å²) in [7, 11) is 0. The largest absolute Gasteiger partial charge is 0.421 e. The van der Waals surface area contributed by atoms with Gasteiger partial charge in [0.05, 0.1) is 0 Å². The highest BCUT2D eigenvalue weighted by atomic mass is 16.5. The van der Waals surface area contributed by atoms with Crippen molar-refractivity contribution in [3.8, 4) is 5.75 Å². The van der Waals surface area contributed by atoms with Crippen molar-refractivity contribution in [3.63, 3.8) is 0 Å². The topological polar surface area (TPSA) is 62.7 Å². The Morgan fingerprint density at radius 3 is 2.43 bits per heavy atom. The lowest BCUT2D eigenvalue weighted by atomic mass is 10.2. The van der Waals surface area contributed by atoms with Gasteiger partial charge in [-0.3, -0.25) is 0 Å². The average Bonchev–Trinajstić information content (AvgIpc) is 2.20. The third-order valence-corrected chi connectivity index (χ3v) is 1.68. The van der Waals surface area contributed by atoms with Crippen LogP contribution in [-0.2, 0) is 4.79 Å². The standard InChI is InChI=1S/C10H10N2O2/c1-7-3-5-9(6-4-7)14-10(13)8(2)12-11/h3-6H,1-2H3. The minimum absolute atomic E-state index is 0.0782. The zero-order valence-electron chi connectivity index (χ0n) is 8.02. The lowest BCUT2D eigenvalue weighted by Gasteiger charge is -1.99. The van der Waals surface area contributed by atoms with E-state index in [9.17, 15) is 4.79 Å². The molecule has 0 aromatic heterocycles. The molecule has 0 saturated heterocycles. The monoisotopic (exact) mass is 190 g/mol. The number of ether oxygens (including phenoxy) is 1. The van der Waals surface area contributed by atoms with Crippen molar-refractivity contribution in [2.45, 2.75) is 13.8 Å². The fourth-order valence-corrected chi connectivity index (χ4v) is 0.828. The number of nitrogens with zero attached hydrogens (tertiary/aromatic N) is 2. The van der Waals surface area contributed by atoms with Crippen LogP contribution in [0.4, 0.5) is 0 Å². The molecule has 4 nitrogen and oxygen atoms in total.